The van der Waals surface area contributed by atoms with Gasteiger partial charge in [-0.05, 0) is 30.9 Å². The molecule has 0 spiro atoms. The normalized spacial score (nSPS) is 20.1. The SMILES string of the molecule is CC1(Cl)NC(=NCCCCN=C(N)N)C(=O)N(CC(=O)NCc2ccc(C(=N)N)cc2)C1c1ccccc1. The lowest BCUT2D eigenvalue weighted by Crippen LogP contribution is -2.64. The lowest BCUT2D eigenvalue weighted by molar-refractivity contribution is -0.135. The van der Waals surface area contributed by atoms with Crippen LogP contribution in [0.1, 0.15) is 42.5 Å². The van der Waals surface area contributed by atoms with Crippen molar-refractivity contribution < 1.29 is 9.59 Å². The summed E-state index contributed by atoms with van der Waals surface area (Å²) in [5, 5.41) is 13.4. The number of nitrogens with one attached hydrogen (secondary N) is 3. The van der Waals surface area contributed by atoms with Crippen LogP contribution in [0.5, 0.6) is 0 Å². The molecule has 38 heavy (non-hydrogen) atoms. The van der Waals surface area contributed by atoms with Crippen molar-refractivity contribution >= 4 is 41.0 Å². The third-order valence-corrected chi connectivity index (χ3v) is 6.27. The second-order valence-electron chi connectivity index (χ2n) is 9.08. The minimum Gasteiger partial charge on any atom is -0.384 e. The number of halogens is 1. The number of guanidine groups is 1. The summed E-state index contributed by atoms with van der Waals surface area (Å²) >= 11 is 6.93. The van der Waals surface area contributed by atoms with E-state index in [2.05, 4.69) is 20.6 Å². The van der Waals surface area contributed by atoms with E-state index in [0.717, 1.165) is 11.1 Å². The molecule has 11 nitrogen and oxygen atoms in total. The first-order valence-corrected chi connectivity index (χ1v) is 12.6. The lowest BCUT2D eigenvalue weighted by Gasteiger charge is -2.45. The van der Waals surface area contributed by atoms with Crippen molar-refractivity contribution in [1.82, 2.24) is 15.5 Å². The molecule has 2 aromatic carbocycles. The molecular formula is C26H34ClN9O2. The maximum absolute atomic E-state index is 13.5. The van der Waals surface area contributed by atoms with Crippen LogP contribution < -0.4 is 27.8 Å². The summed E-state index contributed by atoms with van der Waals surface area (Å²) in [6, 6.07) is 15.7. The molecule has 9 N–H and O–H groups in total. The molecule has 1 aliphatic rings. The molecule has 3 rings (SSSR count). The molecule has 1 aliphatic heterocycles. The number of carbonyl (C=O) groups excluding carboxylic acids is 2. The highest BCUT2D eigenvalue weighted by molar-refractivity contribution is 6.41. The quantitative estimate of drug-likeness (QED) is 0.0816. The summed E-state index contributed by atoms with van der Waals surface area (Å²) in [4.78, 5) is 35.2. The van der Waals surface area contributed by atoms with Crippen LogP contribution in [0.3, 0.4) is 0 Å². The zero-order chi connectivity index (χ0) is 27.7. The molecule has 0 aliphatic carbocycles. The van der Waals surface area contributed by atoms with Gasteiger partial charge < -0.3 is 32.7 Å². The number of piperazine rings is 1. The molecule has 1 saturated heterocycles. The van der Waals surface area contributed by atoms with Crippen molar-refractivity contribution in [2.45, 2.75) is 37.4 Å². The van der Waals surface area contributed by atoms with Crippen molar-refractivity contribution in [3.8, 4) is 0 Å². The number of amides is 2. The molecular weight excluding hydrogens is 506 g/mol. The fourth-order valence-electron chi connectivity index (χ4n) is 4.13. The first-order chi connectivity index (χ1) is 18.1. The number of rotatable bonds is 11. The Balaban J connectivity index is 1.74. The fourth-order valence-corrected chi connectivity index (χ4v) is 4.47. The summed E-state index contributed by atoms with van der Waals surface area (Å²) in [5.74, 6) is -0.653. The second-order valence-corrected chi connectivity index (χ2v) is 9.86. The van der Waals surface area contributed by atoms with E-state index in [1.165, 1.54) is 4.90 Å². The molecule has 2 unspecified atom stereocenters. The van der Waals surface area contributed by atoms with E-state index in [4.69, 9.17) is 34.2 Å². The highest BCUT2D eigenvalue weighted by Crippen LogP contribution is 2.37. The molecule has 0 radical (unpaired) electrons. The van der Waals surface area contributed by atoms with Gasteiger partial charge in [-0.25, -0.2) is 0 Å². The molecule has 202 valence electrons. The van der Waals surface area contributed by atoms with E-state index < -0.39 is 16.9 Å². The Morgan fingerprint density at radius 3 is 2.39 bits per heavy atom. The number of unbranched alkanes of at least 4 members (excludes halogenated alkanes) is 1. The highest BCUT2D eigenvalue weighted by atomic mass is 35.5. The van der Waals surface area contributed by atoms with Crippen molar-refractivity contribution in [3.63, 3.8) is 0 Å². The Bertz CT molecular complexity index is 1190. The predicted molar refractivity (Wildman–Crippen MR) is 150 cm³/mol. The average Bonchev–Trinajstić information content (AvgIpc) is 2.87. The Morgan fingerprint density at radius 2 is 1.76 bits per heavy atom. The number of hydrogen-bond donors (Lipinski definition) is 6. The first kappa shape index (κ1) is 28.5. The molecule has 0 aromatic heterocycles. The van der Waals surface area contributed by atoms with Crippen LogP contribution in [0.2, 0.25) is 0 Å². The fraction of sp³-hybridized carbons (Fsp3) is 0.346. The summed E-state index contributed by atoms with van der Waals surface area (Å²) in [6.45, 7) is 2.64. The summed E-state index contributed by atoms with van der Waals surface area (Å²) in [5.41, 5.74) is 18.4. The topological polar surface area (TPSA) is 188 Å². The zero-order valence-electron chi connectivity index (χ0n) is 21.3. The molecule has 2 amide bonds. The van der Waals surface area contributed by atoms with Crippen molar-refractivity contribution in [1.29, 1.82) is 5.41 Å². The second kappa shape index (κ2) is 12.9. The van der Waals surface area contributed by atoms with Crippen LogP contribution in [-0.4, -0.2) is 59.0 Å². The van der Waals surface area contributed by atoms with Gasteiger partial charge in [0.25, 0.3) is 5.91 Å². The summed E-state index contributed by atoms with van der Waals surface area (Å²) in [7, 11) is 0. The Hall–Kier alpha value is -4.12. The van der Waals surface area contributed by atoms with E-state index in [1.54, 1.807) is 31.2 Å². The van der Waals surface area contributed by atoms with Crippen LogP contribution in [-0.2, 0) is 16.1 Å². The minimum absolute atomic E-state index is 0.0277. The number of nitrogens with two attached hydrogens (primary N) is 3. The molecule has 0 saturated carbocycles. The number of hydrogen-bond acceptors (Lipinski definition) is 5. The van der Waals surface area contributed by atoms with E-state index >= 15 is 0 Å². The van der Waals surface area contributed by atoms with Crippen LogP contribution in [0.4, 0.5) is 0 Å². The molecule has 1 fully saturated rings. The number of alkyl halides is 1. The van der Waals surface area contributed by atoms with Gasteiger partial charge in [-0.3, -0.25) is 25.0 Å². The Labute approximate surface area is 227 Å². The molecule has 2 aromatic rings. The largest absolute Gasteiger partial charge is 0.384 e. The molecule has 1 heterocycles. The maximum Gasteiger partial charge on any atom is 0.290 e. The van der Waals surface area contributed by atoms with Gasteiger partial charge in [0.1, 0.15) is 17.4 Å². The van der Waals surface area contributed by atoms with Crippen molar-refractivity contribution in [2.24, 2.45) is 27.2 Å². The van der Waals surface area contributed by atoms with E-state index in [1.807, 2.05) is 30.3 Å². The zero-order valence-corrected chi connectivity index (χ0v) is 22.0. The van der Waals surface area contributed by atoms with Gasteiger partial charge in [0.05, 0.1) is 6.04 Å². The van der Waals surface area contributed by atoms with Gasteiger partial charge in [-0.15, -0.1) is 0 Å². The Morgan fingerprint density at radius 1 is 1.11 bits per heavy atom. The van der Waals surface area contributed by atoms with Gasteiger partial charge in [-0.1, -0.05) is 66.2 Å². The number of benzene rings is 2. The van der Waals surface area contributed by atoms with Gasteiger partial charge >= 0.3 is 0 Å². The summed E-state index contributed by atoms with van der Waals surface area (Å²) in [6.07, 6.45) is 1.37. The van der Waals surface area contributed by atoms with Gasteiger partial charge in [-0.2, -0.15) is 0 Å². The Kier molecular flexibility index (Phi) is 9.66. The third kappa shape index (κ3) is 7.69. The van der Waals surface area contributed by atoms with E-state index in [9.17, 15) is 9.59 Å². The van der Waals surface area contributed by atoms with Gasteiger partial charge in [0.2, 0.25) is 5.91 Å². The van der Waals surface area contributed by atoms with Crippen LogP contribution >= 0.6 is 11.6 Å². The van der Waals surface area contributed by atoms with E-state index in [-0.39, 0.29) is 36.6 Å². The number of nitrogen functional groups attached to an aromatic ring is 1. The van der Waals surface area contributed by atoms with E-state index in [0.29, 0.717) is 31.5 Å². The third-order valence-electron chi connectivity index (χ3n) is 5.97. The monoisotopic (exact) mass is 539 g/mol. The number of carbonyl (C=O) groups is 2. The van der Waals surface area contributed by atoms with Gasteiger partial charge in [0.15, 0.2) is 11.8 Å². The van der Waals surface area contributed by atoms with Crippen LogP contribution in [0.15, 0.2) is 64.6 Å². The van der Waals surface area contributed by atoms with Crippen molar-refractivity contribution in [2.75, 3.05) is 19.6 Å². The predicted octanol–water partition coefficient (Wildman–Crippen LogP) is 1.17. The number of aliphatic imine (C=N–C) groups is 2. The number of amidine groups is 2. The number of nitrogens with zero attached hydrogens (tertiary/aromatic N) is 3. The standard InChI is InChI=1S/C26H34ClN9O2/c1-26(27)21(18-7-3-2-4-8-18)36(24(38)23(35-26)32-13-5-6-14-33-25(30)31)16-20(37)34-15-17-9-11-19(12-10-17)22(28)29/h2-4,7-12,21H,5-6,13-16H2,1H3,(H3,28,29)(H,32,35)(H,34,37)(H4,30,31,33). The lowest BCUT2D eigenvalue weighted by atomic mass is 9.95. The maximum atomic E-state index is 13.5. The van der Waals surface area contributed by atoms with Crippen LogP contribution in [0.25, 0.3) is 0 Å². The van der Waals surface area contributed by atoms with Crippen LogP contribution in [0, 0.1) is 5.41 Å². The summed E-state index contributed by atoms with van der Waals surface area (Å²) < 4.78 is 0. The first-order valence-electron chi connectivity index (χ1n) is 12.2. The minimum atomic E-state index is -1.12. The molecule has 2 atom stereocenters. The smallest absolute Gasteiger partial charge is 0.290 e. The average molecular weight is 540 g/mol. The molecule has 0 bridgehead atoms. The van der Waals surface area contributed by atoms with Crippen molar-refractivity contribution in [3.05, 3.63) is 71.3 Å². The highest BCUT2D eigenvalue weighted by Gasteiger charge is 2.47. The van der Waals surface area contributed by atoms with Gasteiger partial charge in [0, 0.05) is 25.2 Å². The molecule has 12 heteroatoms.